The third-order valence-electron chi connectivity index (χ3n) is 4.42. The fourth-order valence-corrected chi connectivity index (χ4v) is 3.31. The molecule has 1 atom stereocenters. The van der Waals surface area contributed by atoms with Crippen LogP contribution in [0, 0.1) is 12.8 Å². The normalized spacial score (nSPS) is 24.9. The first kappa shape index (κ1) is 12.7. The van der Waals surface area contributed by atoms with Crippen LogP contribution in [0.3, 0.4) is 0 Å². The molecule has 1 aromatic heterocycles. The fourth-order valence-electron chi connectivity index (χ4n) is 3.31. The predicted molar refractivity (Wildman–Crippen MR) is 73.0 cm³/mol. The summed E-state index contributed by atoms with van der Waals surface area (Å²) in [7, 11) is 0. The van der Waals surface area contributed by atoms with Crippen LogP contribution in [-0.4, -0.2) is 46.7 Å². The van der Waals surface area contributed by atoms with Gasteiger partial charge in [0.1, 0.15) is 5.69 Å². The van der Waals surface area contributed by atoms with Crippen LogP contribution in [0.4, 0.5) is 0 Å². The number of rotatable bonds is 2. The smallest absolute Gasteiger partial charge is 0.274 e. The van der Waals surface area contributed by atoms with E-state index < -0.39 is 0 Å². The van der Waals surface area contributed by atoms with Gasteiger partial charge in [0.15, 0.2) is 0 Å². The molecular weight excluding hydrogens is 240 g/mol. The molecule has 5 heteroatoms. The molecule has 2 aliphatic rings. The van der Waals surface area contributed by atoms with Gasteiger partial charge in [0.2, 0.25) is 0 Å². The van der Waals surface area contributed by atoms with Crippen molar-refractivity contribution in [3.8, 4) is 0 Å². The molecule has 104 valence electrons. The molecule has 0 aliphatic carbocycles. The lowest BCUT2D eigenvalue weighted by molar-refractivity contribution is 0.0668. The van der Waals surface area contributed by atoms with Gasteiger partial charge in [0.05, 0.1) is 0 Å². The van der Waals surface area contributed by atoms with Crippen LogP contribution < -0.4 is 5.32 Å². The van der Waals surface area contributed by atoms with Gasteiger partial charge in [0, 0.05) is 24.8 Å². The second-order valence-electron chi connectivity index (χ2n) is 5.77. The Labute approximate surface area is 113 Å². The summed E-state index contributed by atoms with van der Waals surface area (Å²) in [4.78, 5) is 14.2. The molecule has 0 aromatic carbocycles. The molecule has 0 spiro atoms. The van der Waals surface area contributed by atoms with Crippen molar-refractivity contribution in [1.29, 1.82) is 0 Å². The zero-order chi connectivity index (χ0) is 13.2. The number of amides is 1. The Balaban J connectivity index is 1.56. The molecule has 19 heavy (non-hydrogen) atoms. The number of likely N-dealkylation sites (tertiary alicyclic amines) is 1. The number of aromatic nitrogens is 2. The Morgan fingerprint density at radius 3 is 2.74 bits per heavy atom. The number of aromatic amines is 1. The highest BCUT2D eigenvalue weighted by Crippen LogP contribution is 2.26. The van der Waals surface area contributed by atoms with Gasteiger partial charge in [-0.2, -0.15) is 5.10 Å². The Kier molecular flexibility index (Phi) is 3.55. The number of nitrogens with one attached hydrogen (secondary N) is 2. The zero-order valence-electron chi connectivity index (χ0n) is 11.5. The van der Waals surface area contributed by atoms with E-state index in [2.05, 4.69) is 15.5 Å². The van der Waals surface area contributed by atoms with Crippen LogP contribution in [0.5, 0.6) is 0 Å². The minimum Gasteiger partial charge on any atom is -0.337 e. The summed E-state index contributed by atoms with van der Waals surface area (Å²) in [6.07, 6.45) is 4.84. The lowest BCUT2D eigenvalue weighted by Gasteiger charge is -2.34. The van der Waals surface area contributed by atoms with E-state index in [4.69, 9.17) is 0 Å². The molecule has 2 fully saturated rings. The van der Waals surface area contributed by atoms with Gasteiger partial charge in [-0.1, -0.05) is 0 Å². The number of hydrogen-bond acceptors (Lipinski definition) is 3. The Hall–Kier alpha value is -1.36. The van der Waals surface area contributed by atoms with Crippen molar-refractivity contribution >= 4 is 5.91 Å². The number of nitrogens with zero attached hydrogens (tertiary/aromatic N) is 2. The van der Waals surface area contributed by atoms with E-state index in [0.717, 1.165) is 44.1 Å². The predicted octanol–water partition coefficient (Wildman–Crippen LogP) is 1.32. The van der Waals surface area contributed by atoms with Crippen molar-refractivity contribution in [2.24, 2.45) is 5.92 Å². The van der Waals surface area contributed by atoms with E-state index in [1.165, 1.54) is 12.8 Å². The van der Waals surface area contributed by atoms with E-state index in [1.807, 2.05) is 17.9 Å². The molecule has 2 saturated heterocycles. The summed E-state index contributed by atoms with van der Waals surface area (Å²) in [5, 5.41) is 10.5. The molecule has 2 N–H and O–H groups in total. The highest BCUT2D eigenvalue weighted by Gasteiger charge is 2.30. The summed E-state index contributed by atoms with van der Waals surface area (Å²) in [6, 6.07) is 2.51. The summed E-state index contributed by atoms with van der Waals surface area (Å²) < 4.78 is 0. The quantitative estimate of drug-likeness (QED) is 0.845. The van der Waals surface area contributed by atoms with Crippen molar-refractivity contribution < 1.29 is 4.79 Å². The lowest BCUT2D eigenvalue weighted by Crippen LogP contribution is -2.43. The largest absolute Gasteiger partial charge is 0.337 e. The lowest BCUT2D eigenvalue weighted by atomic mass is 9.88. The second-order valence-corrected chi connectivity index (χ2v) is 5.77. The third-order valence-corrected chi connectivity index (χ3v) is 4.42. The molecular formula is C14H22N4O. The number of hydrogen-bond donors (Lipinski definition) is 2. The highest BCUT2D eigenvalue weighted by molar-refractivity contribution is 5.92. The van der Waals surface area contributed by atoms with Crippen molar-refractivity contribution in [3.63, 3.8) is 0 Å². The average Bonchev–Trinajstić information content (AvgIpc) is 3.09. The van der Waals surface area contributed by atoms with Crippen molar-refractivity contribution in [2.75, 3.05) is 19.6 Å². The number of H-pyrrole nitrogens is 1. The molecule has 3 rings (SSSR count). The molecule has 1 aromatic rings. The first-order chi connectivity index (χ1) is 9.24. The van der Waals surface area contributed by atoms with Crippen molar-refractivity contribution in [1.82, 2.24) is 20.4 Å². The SMILES string of the molecule is Cc1cc(C(=O)N2CCC(C3CCCN3)CC2)n[nH]1. The zero-order valence-corrected chi connectivity index (χ0v) is 11.5. The third kappa shape index (κ3) is 2.66. The van der Waals surface area contributed by atoms with E-state index in [1.54, 1.807) is 0 Å². The van der Waals surface area contributed by atoms with E-state index in [0.29, 0.717) is 11.7 Å². The minimum absolute atomic E-state index is 0.0715. The second kappa shape index (κ2) is 5.33. The number of carbonyl (C=O) groups is 1. The molecule has 5 nitrogen and oxygen atoms in total. The average molecular weight is 262 g/mol. The summed E-state index contributed by atoms with van der Waals surface area (Å²) in [5.74, 6) is 0.814. The monoisotopic (exact) mass is 262 g/mol. The van der Waals surface area contributed by atoms with Gasteiger partial charge in [0.25, 0.3) is 5.91 Å². The van der Waals surface area contributed by atoms with E-state index in [9.17, 15) is 4.79 Å². The maximum Gasteiger partial charge on any atom is 0.274 e. The standard InChI is InChI=1S/C14H22N4O/c1-10-9-13(17-16-10)14(19)18-7-4-11(5-8-18)12-3-2-6-15-12/h9,11-12,15H,2-8H2,1H3,(H,16,17). The molecule has 3 heterocycles. The van der Waals surface area contributed by atoms with Crippen LogP contribution in [0.25, 0.3) is 0 Å². The van der Waals surface area contributed by atoms with Crippen LogP contribution >= 0.6 is 0 Å². The molecule has 1 amide bonds. The van der Waals surface area contributed by atoms with Gasteiger partial charge in [-0.25, -0.2) is 0 Å². The van der Waals surface area contributed by atoms with Gasteiger partial charge in [-0.05, 0) is 51.1 Å². The molecule has 0 radical (unpaired) electrons. The summed E-state index contributed by atoms with van der Waals surface area (Å²) in [6.45, 7) is 4.82. The van der Waals surface area contributed by atoms with Crippen LogP contribution in [0.15, 0.2) is 6.07 Å². The molecule has 0 saturated carbocycles. The Bertz CT molecular complexity index is 442. The van der Waals surface area contributed by atoms with Crippen LogP contribution in [-0.2, 0) is 0 Å². The van der Waals surface area contributed by atoms with Gasteiger partial charge >= 0.3 is 0 Å². The Morgan fingerprint density at radius 2 is 2.16 bits per heavy atom. The maximum atomic E-state index is 12.3. The molecule has 2 aliphatic heterocycles. The van der Waals surface area contributed by atoms with Crippen molar-refractivity contribution in [3.05, 3.63) is 17.5 Å². The van der Waals surface area contributed by atoms with E-state index >= 15 is 0 Å². The number of carbonyl (C=O) groups excluding carboxylic acids is 1. The minimum atomic E-state index is 0.0715. The van der Waals surface area contributed by atoms with E-state index in [-0.39, 0.29) is 5.91 Å². The number of aryl methyl sites for hydroxylation is 1. The fraction of sp³-hybridized carbons (Fsp3) is 0.714. The Morgan fingerprint density at radius 1 is 1.37 bits per heavy atom. The molecule has 1 unspecified atom stereocenters. The van der Waals surface area contributed by atoms with Crippen LogP contribution in [0.1, 0.15) is 41.9 Å². The van der Waals surface area contributed by atoms with Gasteiger partial charge in [-0.15, -0.1) is 0 Å². The first-order valence-corrected chi connectivity index (χ1v) is 7.29. The molecule has 0 bridgehead atoms. The topological polar surface area (TPSA) is 61.0 Å². The highest BCUT2D eigenvalue weighted by atomic mass is 16.2. The van der Waals surface area contributed by atoms with Gasteiger partial charge in [-0.3, -0.25) is 9.89 Å². The summed E-state index contributed by atoms with van der Waals surface area (Å²) >= 11 is 0. The number of piperidine rings is 1. The van der Waals surface area contributed by atoms with Gasteiger partial charge < -0.3 is 10.2 Å². The first-order valence-electron chi connectivity index (χ1n) is 7.29. The maximum absolute atomic E-state index is 12.3. The van der Waals surface area contributed by atoms with Crippen LogP contribution in [0.2, 0.25) is 0 Å². The van der Waals surface area contributed by atoms with Crippen molar-refractivity contribution in [2.45, 2.75) is 38.6 Å². The summed E-state index contributed by atoms with van der Waals surface area (Å²) in [5.41, 5.74) is 1.49.